The first-order valence-electron chi connectivity index (χ1n) is 21.0. The summed E-state index contributed by atoms with van der Waals surface area (Å²) in [7, 11) is 0. The molecule has 2 aromatic heterocycles. The zero-order valence-corrected chi connectivity index (χ0v) is 34.6. The predicted octanol–water partition coefficient (Wildman–Crippen LogP) is 17.2. The Balaban J connectivity index is 1.24. The molecule has 0 unspecified atom stereocenters. The summed E-state index contributed by atoms with van der Waals surface area (Å²) in [5, 5.41) is 2.72. The molecule has 0 spiro atoms. The van der Waals surface area contributed by atoms with Crippen LogP contribution in [0.3, 0.4) is 0 Å². The average Bonchev–Trinajstić information content (AvgIpc) is 3.85. The van der Waals surface area contributed by atoms with Crippen molar-refractivity contribution in [2.75, 3.05) is 0 Å². The van der Waals surface area contributed by atoms with E-state index in [0.717, 1.165) is 6.42 Å². The van der Waals surface area contributed by atoms with Gasteiger partial charge in [-0.1, -0.05) is 133 Å². The number of hydrogen-bond donors (Lipinski definition) is 0. The zero-order valence-electron chi connectivity index (χ0n) is 33.0. The summed E-state index contributed by atoms with van der Waals surface area (Å²) in [5.74, 6) is 0. The van der Waals surface area contributed by atoms with E-state index in [1.54, 1.807) is 0 Å². The second kappa shape index (κ2) is 16.8. The third-order valence-corrected chi connectivity index (χ3v) is 14.1. The molecule has 1 aliphatic carbocycles. The van der Waals surface area contributed by atoms with Crippen molar-refractivity contribution in [2.24, 2.45) is 0 Å². The fourth-order valence-electron chi connectivity index (χ4n) is 8.92. The van der Waals surface area contributed by atoms with Crippen molar-refractivity contribution in [1.82, 2.24) is 0 Å². The van der Waals surface area contributed by atoms with Gasteiger partial charge in [-0.15, -0.1) is 22.7 Å². The first-order valence-corrected chi connectivity index (χ1v) is 22.6. The Morgan fingerprint density at radius 3 is 1.78 bits per heavy atom. The third-order valence-electron chi connectivity index (χ3n) is 11.8. The minimum absolute atomic E-state index is 1.15. The Kier molecular flexibility index (Phi) is 11.5. The third kappa shape index (κ3) is 7.75. The molecule has 2 heterocycles. The number of fused-ring (bicyclic) bond motifs is 4. The fourth-order valence-corrected chi connectivity index (χ4v) is 11.2. The summed E-state index contributed by atoms with van der Waals surface area (Å²) in [4.78, 5) is 2.76. The van der Waals surface area contributed by atoms with E-state index >= 15 is 0 Å². The van der Waals surface area contributed by atoms with Gasteiger partial charge in [0, 0.05) is 19.2 Å². The van der Waals surface area contributed by atoms with Crippen LogP contribution in [0.5, 0.6) is 0 Å². The molecule has 5 aromatic carbocycles. The smallest absolute Gasteiger partial charge is 0.0459 e. The number of benzene rings is 5. The number of hydrogen-bond acceptors (Lipinski definition) is 2. The lowest BCUT2D eigenvalue weighted by molar-refractivity contribution is 0.605. The monoisotopic (exact) mass is 744 g/mol. The largest absolute Gasteiger partial charge is 0.140 e. The van der Waals surface area contributed by atoms with E-state index in [0.29, 0.717) is 0 Å². The maximum atomic E-state index is 2.61. The molecule has 7 aromatic rings. The van der Waals surface area contributed by atoms with Crippen LogP contribution in [0.2, 0.25) is 0 Å². The Hall–Kier alpha value is -3.98. The molecule has 0 nitrogen and oxygen atoms in total. The van der Waals surface area contributed by atoms with Gasteiger partial charge < -0.3 is 0 Å². The SMILES string of the molecule is CCCCCCCCc1cc(-c2cc(-c3cc4c5c(cccc5c3)-c3ccccc3-4)cc(-c3cc4sc(C)cc4s3)c2)c(CCCCCCCC)cc1C. The number of thiophene rings is 2. The summed E-state index contributed by atoms with van der Waals surface area (Å²) in [6.07, 6.45) is 18.3. The molecule has 0 saturated heterocycles. The Bertz CT molecular complexity index is 2370. The lowest BCUT2D eigenvalue weighted by atomic mass is 9.87. The highest BCUT2D eigenvalue weighted by molar-refractivity contribution is 7.29. The van der Waals surface area contributed by atoms with Crippen molar-refractivity contribution >= 4 is 42.8 Å². The molecule has 54 heavy (non-hydrogen) atoms. The van der Waals surface area contributed by atoms with Crippen molar-refractivity contribution in [2.45, 2.75) is 118 Å². The summed E-state index contributed by atoms with van der Waals surface area (Å²) in [6, 6.07) is 38.2. The molecule has 8 rings (SSSR count). The number of aryl methyl sites for hydroxylation is 4. The molecule has 0 atom stereocenters. The number of unbranched alkanes of at least 4 members (excludes halogenated alkanes) is 10. The van der Waals surface area contributed by atoms with Crippen LogP contribution < -0.4 is 0 Å². The maximum Gasteiger partial charge on any atom is 0.0459 e. The molecule has 0 aliphatic heterocycles. The van der Waals surface area contributed by atoms with E-state index < -0.39 is 0 Å². The van der Waals surface area contributed by atoms with Gasteiger partial charge >= 0.3 is 0 Å². The molecule has 0 fully saturated rings. The molecule has 0 radical (unpaired) electrons. The van der Waals surface area contributed by atoms with Crippen LogP contribution in [0.25, 0.3) is 75.1 Å². The summed E-state index contributed by atoms with van der Waals surface area (Å²) >= 11 is 3.87. The van der Waals surface area contributed by atoms with E-state index in [4.69, 9.17) is 0 Å². The summed E-state index contributed by atoms with van der Waals surface area (Å²) in [6.45, 7) is 9.22. The highest BCUT2D eigenvalue weighted by atomic mass is 32.1. The highest BCUT2D eigenvalue weighted by Gasteiger charge is 2.22. The van der Waals surface area contributed by atoms with Crippen LogP contribution >= 0.6 is 22.7 Å². The molecule has 0 saturated carbocycles. The first-order chi connectivity index (χ1) is 26.5. The van der Waals surface area contributed by atoms with Crippen molar-refractivity contribution in [1.29, 1.82) is 0 Å². The molecule has 0 bridgehead atoms. The average molecular weight is 745 g/mol. The second-order valence-corrected chi connectivity index (χ2v) is 18.3. The fraction of sp³-hybridized carbons (Fsp3) is 0.346. The van der Waals surface area contributed by atoms with E-state index in [1.165, 1.54) is 180 Å². The molecule has 0 N–H and O–H groups in total. The zero-order chi connectivity index (χ0) is 37.0. The van der Waals surface area contributed by atoms with Crippen LogP contribution in [0, 0.1) is 13.8 Å². The highest BCUT2D eigenvalue weighted by Crippen LogP contribution is 2.49. The molecule has 1 aliphatic rings. The Morgan fingerprint density at radius 2 is 1.04 bits per heavy atom. The topological polar surface area (TPSA) is 0 Å². The summed E-state index contributed by atoms with van der Waals surface area (Å²) in [5.41, 5.74) is 16.8. The van der Waals surface area contributed by atoms with Crippen LogP contribution in [0.15, 0.2) is 97.1 Å². The summed E-state index contributed by atoms with van der Waals surface area (Å²) < 4.78 is 2.81. The molecular weight excluding hydrogens is 689 g/mol. The van der Waals surface area contributed by atoms with Crippen molar-refractivity contribution in [3.8, 4) is 54.9 Å². The quantitative estimate of drug-likeness (QED) is 0.0815. The maximum absolute atomic E-state index is 2.61. The Morgan fingerprint density at radius 1 is 0.426 bits per heavy atom. The minimum Gasteiger partial charge on any atom is -0.140 e. The van der Waals surface area contributed by atoms with E-state index in [1.807, 2.05) is 22.7 Å². The van der Waals surface area contributed by atoms with Gasteiger partial charge in [-0.05, 0) is 160 Å². The number of rotatable bonds is 17. The lowest BCUT2D eigenvalue weighted by Gasteiger charge is -2.18. The predicted molar refractivity (Wildman–Crippen MR) is 242 cm³/mol. The van der Waals surface area contributed by atoms with Gasteiger partial charge in [0.1, 0.15) is 0 Å². The normalized spacial score (nSPS) is 12.0. The standard InChI is InChI=1S/C52H56S2/c1-5-7-9-11-13-15-20-37-32-47(38(26-35(37)3)21-16-14-12-10-8-6-2)42-29-40(30-43(31-42)49-34-51-50(54-49)27-36(4)53-51)41-28-39-22-19-25-46-44-23-17-18-24-45(44)48(33-41)52(39)46/h17-19,22-34H,5-16,20-21H2,1-4H3. The van der Waals surface area contributed by atoms with Gasteiger partial charge in [0.2, 0.25) is 0 Å². The van der Waals surface area contributed by atoms with Gasteiger partial charge in [0.25, 0.3) is 0 Å². The first kappa shape index (κ1) is 37.0. The minimum atomic E-state index is 1.15. The van der Waals surface area contributed by atoms with Crippen molar-refractivity contribution in [3.05, 3.63) is 119 Å². The van der Waals surface area contributed by atoms with Crippen LogP contribution in [0.1, 0.15) is 112 Å². The van der Waals surface area contributed by atoms with Crippen molar-refractivity contribution < 1.29 is 0 Å². The molecule has 0 amide bonds. The van der Waals surface area contributed by atoms with Crippen molar-refractivity contribution in [3.63, 3.8) is 0 Å². The Labute approximate surface area is 332 Å². The van der Waals surface area contributed by atoms with Crippen LogP contribution in [-0.2, 0) is 12.8 Å². The van der Waals surface area contributed by atoms with Crippen LogP contribution in [0.4, 0.5) is 0 Å². The lowest BCUT2D eigenvalue weighted by Crippen LogP contribution is -1.99. The van der Waals surface area contributed by atoms with Gasteiger partial charge in [0.05, 0.1) is 0 Å². The van der Waals surface area contributed by atoms with Crippen LogP contribution in [-0.4, -0.2) is 0 Å². The van der Waals surface area contributed by atoms with Gasteiger partial charge in [-0.3, -0.25) is 0 Å². The van der Waals surface area contributed by atoms with Gasteiger partial charge in [-0.25, -0.2) is 0 Å². The molecular formula is C52H56S2. The van der Waals surface area contributed by atoms with E-state index in [9.17, 15) is 0 Å². The molecule has 276 valence electrons. The van der Waals surface area contributed by atoms with Gasteiger partial charge in [0.15, 0.2) is 0 Å². The van der Waals surface area contributed by atoms with E-state index in [-0.39, 0.29) is 0 Å². The molecule has 2 heteroatoms. The second-order valence-electron chi connectivity index (χ2n) is 15.9. The van der Waals surface area contributed by atoms with Gasteiger partial charge in [-0.2, -0.15) is 0 Å². The van der Waals surface area contributed by atoms with E-state index in [2.05, 4.69) is 125 Å².